The first-order valence-corrected chi connectivity index (χ1v) is 44.2. The minimum absolute atomic E-state index is 0.00532. The van der Waals surface area contributed by atoms with Gasteiger partial charge in [0, 0.05) is 171 Å². The molecule has 662 valence electrons. The maximum absolute atomic E-state index is 14.9. The van der Waals surface area contributed by atoms with Crippen LogP contribution >= 0.6 is 34.0 Å². The highest BCUT2D eigenvalue weighted by Gasteiger charge is 2.37. The number of carbonyl (C=O) groups excluding carboxylic acids is 4. The van der Waals surface area contributed by atoms with Gasteiger partial charge in [0.1, 0.15) is 89.9 Å². The number of rotatable bonds is 21. The van der Waals surface area contributed by atoms with Gasteiger partial charge in [-0.05, 0) is 86.6 Å². The highest BCUT2D eigenvalue weighted by Crippen LogP contribution is 2.41. The summed E-state index contributed by atoms with van der Waals surface area (Å²) in [5.74, 6) is 1.73. The number of fused-ring (bicyclic) bond motifs is 4. The zero-order valence-electron chi connectivity index (χ0n) is 70.5. The molecule has 20 rings (SSSR count). The van der Waals surface area contributed by atoms with Gasteiger partial charge in [-0.15, -0.1) is 32.9 Å². The number of aryl methyl sites for hydroxylation is 9. The van der Waals surface area contributed by atoms with E-state index in [1.54, 1.807) is 78.2 Å². The van der Waals surface area contributed by atoms with Crippen molar-refractivity contribution < 1.29 is 58.7 Å². The van der Waals surface area contributed by atoms with E-state index in [-0.39, 0.29) is 92.5 Å². The summed E-state index contributed by atoms with van der Waals surface area (Å²) >= 11 is 3.33. The van der Waals surface area contributed by atoms with Gasteiger partial charge in [0.15, 0.2) is 33.8 Å². The Bertz CT molecular complexity index is 6820. The maximum Gasteiger partial charge on any atom is 0.434 e. The summed E-state index contributed by atoms with van der Waals surface area (Å²) in [5.41, 5.74) is 8.58. The number of ketones is 4. The Morgan fingerprint density at radius 1 is 0.450 bits per heavy atom. The van der Waals surface area contributed by atoms with E-state index >= 15 is 0 Å². The van der Waals surface area contributed by atoms with Crippen molar-refractivity contribution in [3.63, 3.8) is 0 Å². The highest BCUT2D eigenvalue weighted by atomic mass is 32.1. The lowest BCUT2D eigenvalue weighted by Gasteiger charge is -2.22. The summed E-state index contributed by atoms with van der Waals surface area (Å²) < 4.78 is 137. The number of nitrogens with zero attached hydrogens (tertiary/aromatic N) is 22. The van der Waals surface area contributed by atoms with Crippen molar-refractivity contribution in [2.24, 2.45) is 58.9 Å². The van der Waals surface area contributed by atoms with Crippen molar-refractivity contribution in [1.82, 2.24) is 107 Å². The van der Waals surface area contributed by atoms with Crippen molar-refractivity contribution in [1.29, 1.82) is 0 Å². The molecule has 0 N–H and O–H groups in total. The van der Waals surface area contributed by atoms with E-state index in [0.717, 1.165) is 136 Å². The van der Waals surface area contributed by atoms with E-state index in [1.807, 2.05) is 85.0 Å². The lowest BCUT2D eigenvalue weighted by molar-refractivity contribution is -0.140. The Morgan fingerprint density at radius 2 is 0.907 bits per heavy atom. The van der Waals surface area contributed by atoms with Gasteiger partial charge in [-0.2, -0.15) is 38.0 Å². The molecule has 16 heterocycles. The lowest BCUT2D eigenvalue weighted by Crippen LogP contribution is -2.23. The highest BCUT2D eigenvalue weighted by molar-refractivity contribution is 7.14. The van der Waals surface area contributed by atoms with Crippen LogP contribution in [-0.2, 0) is 93.3 Å². The van der Waals surface area contributed by atoms with Crippen LogP contribution < -0.4 is 0 Å². The Morgan fingerprint density at radius 3 is 1.40 bits per heavy atom. The molecule has 38 heteroatoms. The van der Waals surface area contributed by atoms with Crippen molar-refractivity contribution in [2.75, 3.05) is 0 Å². The number of benzene rings is 4. The Kier molecular flexibility index (Phi) is 25.3. The molecule has 0 aliphatic carbocycles. The van der Waals surface area contributed by atoms with E-state index in [2.05, 4.69) is 88.0 Å². The van der Waals surface area contributed by atoms with Gasteiger partial charge in [-0.3, -0.25) is 37.9 Å². The van der Waals surface area contributed by atoms with Gasteiger partial charge < -0.3 is 22.8 Å². The average Bonchev–Trinajstić information content (AvgIpc) is 1.61. The predicted molar refractivity (Wildman–Crippen MR) is 464 cm³/mol. The topological polar surface area (TPSA) is 280 Å². The second-order valence-corrected chi connectivity index (χ2v) is 35.3. The fraction of sp³-hybridized carbons (Fsp3) is 0.308. The minimum Gasteiger partial charge on any atom is -0.340 e. The summed E-state index contributed by atoms with van der Waals surface area (Å²) in [6, 6.07) is 29.0. The molecular formula is C91H83F9N22O4S3. The zero-order valence-corrected chi connectivity index (χ0v) is 72.9. The molecular weight excluding hydrogens is 1730 g/mol. The van der Waals surface area contributed by atoms with Gasteiger partial charge in [0.2, 0.25) is 5.95 Å². The minimum atomic E-state index is -4.56. The number of hydrogen-bond acceptors (Lipinski definition) is 20. The van der Waals surface area contributed by atoms with Gasteiger partial charge in [-0.25, -0.2) is 56.8 Å². The van der Waals surface area contributed by atoms with Crippen LogP contribution in [0.1, 0.15) is 139 Å². The quantitative estimate of drug-likeness (QED) is 0.0477. The molecule has 0 fully saturated rings. The van der Waals surface area contributed by atoms with Crippen molar-refractivity contribution >= 4 is 57.1 Å². The molecule has 16 aromatic rings. The molecule has 12 aromatic heterocycles. The normalized spacial score (nSPS) is 15.8. The number of halogens is 9. The fourth-order valence-electron chi connectivity index (χ4n) is 17.0. The van der Waals surface area contributed by atoms with E-state index in [1.165, 1.54) is 50.6 Å². The van der Waals surface area contributed by atoms with Crippen molar-refractivity contribution in [3.05, 3.63) is 256 Å². The van der Waals surface area contributed by atoms with Gasteiger partial charge in [0.05, 0.1) is 76.1 Å². The molecule has 0 amide bonds. The van der Waals surface area contributed by atoms with Gasteiger partial charge in [-0.1, -0.05) is 84.1 Å². The third-order valence-electron chi connectivity index (χ3n) is 23.4. The first-order chi connectivity index (χ1) is 62.1. The van der Waals surface area contributed by atoms with Gasteiger partial charge >= 0.3 is 6.18 Å². The zero-order chi connectivity index (χ0) is 90.2. The number of alkyl halides is 5. The second-order valence-electron chi connectivity index (χ2n) is 32.4. The third-order valence-corrected chi connectivity index (χ3v) is 26.1. The molecule has 129 heavy (non-hydrogen) atoms. The Balaban J connectivity index is 0.000000121. The number of imidazole rings is 5. The molecule has 4 unspecified atom stereocenters. The average molecular weight is 1820 g/mol. The summed E-state index contributed by atoms with van der Waals surface area (Å²) in [6.45, 7) is 4.56. The van der Waals surface area contributed by atoms with Crippen LogP contribution in [-0.4, -0.2) is 130 Å². The third kappa shape index (κ3) is 19.1. The molecule has 0 radical (unpaired) electrons. The number of aromatic nitrogens is 22. The molecule has 0 saturated carbocycles. The standard InChI is InChI=1S/C23H19F4N5OS.C23H20F3N5OS.C23H24N6O.C22H20F2N6OS/c1-31-20(15(11-28-31)22-29-17(12-34-22)23(25,26)27)16(33)9-13-7-8-32-18(10-13)30-19(21(32)24)14-5-3-2-4-6-14;1-30-21(16(10-27-30)23-29-18(12-33-23)22(25)26)19(32)7-13-5-6-31-11-17(28-20(31)8-13)14-3-2-4-15(24)9-14;1-27-13-20(24-15-27)18-12-25-28(2)23(18)21(30)10-16-8-9-29-14-19(26-22(29)11-16)17-6-4-3-5-7-17;1-12-27-28-22(32-12)16-10-25-29(2)21(16)19(31)7-13-5-6-30-11-18(26-20(30)8-13)15-9-14(23)3-4-17(15)24/h2-6,11-13H,7-10H2,1H3;2-4,9-13,22H,5-8H2,1H3;3-7,12-16H,8-11H2,1-2H3;3-4,9-11,13H,5-8H2,1-2H3. The maximum atomic E-state index is 14.9. The van der Waals surface area contributed by atoms with E-state index in [9.17, 15) is 58.7 Å². The molecule has 4 atom stereocenters. The van der Waals surface area contributed by atoms with Crippen LogP contribution in [0.15, 0.2) is 170 Å². The largest absolute Gasteiger partial charge is 0.434 e. The summed E-state index contributed by atoms with van der Waals surface area (Å²) in [5, 5.41) is 29.2. The van der Waals surface area contributed by atoms with Crippen LogP contribution in [0.4, 0.5) is 39.5 Å². The predicted octanol–water partition coefficient (Wildman–Crippen LogP) is 18.5. The van der Waals surface area contributed by atoms with Crippen LogP contribution in [0.5, 0.6) is 0 Å². The first kappa shape index (κ1) is 87.7. The molecule has 26 nitrogen and oxygen atoms in total. The van der Waals surface area contributed by atoms with Crippen LogP contribution in [0.3, 0.4) is 0 Å². The summed E-state index contributed by atoms with van der Waals surface area (Å²) in [7, 11) is 8.72. The molecule has 4 aromatic carbocycles. The molecule has 0 saturated heterocycles. The summed E-state index contributed by atoms with van der Waals surface area (Å²) in [4.78, 5) is 83.4. The lowest BCUT2D eigenvalue weighted by atomic mass is 9.91. The Hall–Kier alpha value is -13.4. The monoisotopic (exact) mass is 1810 g/mol. The Labute approximate surface area is 743 Å². The fourth-order valence-corrected chi connectivity index (χ4v) is 19.4. The second kappa shape index (κ2) is 37.1. The van der Waals surface area contributed by atoms with Crippen LogP contribution in [0.2, 0.25) is 0 Å². The first-order valence-electron chi connectivity index (χ1n) is 41.6. The SMILES string of the molecule is Cc1nnc(-c2cnn(C)c2C(=O)CC2CCn3cc(-c4cc(F)ccc4F)nc3C2)s1.Cn1cnc(-c2cnn(C)c2C(=O)CC2CCn3cc(-c4ccccc4)nc3C2)c1.Cn1ncc(-c2nc(C(F)(F)F)cs2)c1C(=O)CC1CCn2c(nc(-c3ccccc3)c2F)C1.Cn1ncc(-c2nc(C(F)F)cs2)c1C(=O)CC1CCn2cc(-c3cccc(F)c3)nc2C1. The van der Waals surface area contributed by atoms with Crippen molar-refractivity contribution in [3.8, 4) is 88.0 Å². The summed E-state index contributed by atoms with van der Waals surface area (Å²) in [6.07, 6.45) is 15.4. The number of hydrogen-bond donors (Lipinski definition) is 0. The molecule has 0 spiro atoms. The molecule has 4 aliphatic heterocycles. The van der Waals surface area contributed by atoms with E-state index < -0.39 is 29.9 Å². The van der Waals surface area contributed by atoms with E-state index in [4.69, 9.17) is 4.98 Å². The van der Waals surface area contributed by atoms with Crippen LogP contribution in [0.25, 0.3) is 88.0 Å². The van der Waals surface area contributed by atoms with E-state index in [0.29, 0.717) is 125 Å². The van der Waals surface area contributed by atoms with Crippen LogP contribution in [0, 0.1) is 54.0 Å². The number of Topliss-reactive ketones (excluding diaryl/α,β-unsaturated/α-hetero) is 4. The smallest absolute Gasteiger partial charge is 0.340 e. The molecule has 0 bridgehead atoms. The van der Waals surface area contributed by atoms with Gasteiger partial charge in [0.25, 0.3) is 6.43 Å². The number of thiazole rings is 2. The molecule has 4 aliphatic rings. The number of carbonyl (C=O) groups is 4. The van der Waals surface area contributed by atoms with Crippen molar-refractivity contribution in [2.45, 2.75) is 123 Å².